The zero-order valence-corrected chi connectivity index (χ0v) is 5.37. The summed E-state index contributed by atoms with van der Waals surface area (Å²) in [7, 11) is 0. The Morgan fingerprint density at radius 2 is 2.60 bits per heavy atom. The summed E-state index contributed by atoms with van der Waals surface area (Å²) in [6.45, 7) is 0.685. The van der Waals surface area contributed by atoms with E-state index in [1.807, 2.05) is 0 Å². The molecule has 0 amide bonds. The minimum Gasteiger partial charge on any atom is -0.276 e. The quantitative estimate of drug-likeness (QED) is 0.561. The van der Waals surface area contributed by atoms with Gasteiger partial charge in [-0.15, -0.1) is 0 Å². The van der Waals surface area contributed by atoms with Crippen LogP contribution < -0.4 is 5.48 Å². The minimum absolute atomic E-state index is 0.685. The zero-order valence-electron chi connectivity index (χ0n) is 5.37. The van der Waals surface area contributed by atoms with Crippen molar-refractivity contribution in [3.8, 4) is 0 Å². The molecular formula is C6H7N3O. The monoisotopic (exact) mass is 137 g/mol. The molecule has 2 heterocycles. The first kappa shape index (κ1) is 5.61. The molecule has 10 heavy (non-hydrogen) atoms. The predicted octanol–water partition coefficient (Wildman–Crippen LogP) is 0.376. The Hall–Kier alpha value is -1.16. The van der Waals surface area contributed by atoms with Crippen LogP contribution in [0.2, 0.25) is 0 Å². The first-order valence-electron chi connectivity index (χ1n) is 3.13. The molecule has 0 aliphatic carbocycles. The van der Waals surface area contributed by atoms with E-state index in [0.29, 0.717) is 6.61 Å². The van der Waals surface area contributed by atoms with Gasteiger partial charge in [-0.3, -0.25) is 10.3 Å². The number of hydrogen-bond donors (Lipinski definition) is 1. The van der Waals surface area contributed by atoms with Crippen molar-refractivity contribution >= 4 is 5.69 Å². The highest BCUT2D eigenvalue weighted by molar-refractivity contribution is 5.44. The van der Waals surface area contributed by atoms with Crippen LogP contribution in [0.5, 0.6) is 0 Å². The van der Waals surface area contributed by atoms with Crippen LogP contribution in [0.25, 0.3) is 0 Å². The van der Waals surface area contributed by atoms with Crippen molar-refractivity contribution < 1.29 is 4.84 Å². The predicted molar refractivity (Wildman–Crippen MR) is 35.3 cm³/mol. The summed E-state index contributed by atoms with van der Waals surface area (Å²) in [5.74, 6) is 0. The molecule has 0 aromatic carbocycles. The molecule has 4 heteroatoms. The Bertz CT molecular complexity index is 213. The fourth-order valence-electron chi connectivity index (χ4n) is 0.916. The molecule has 0 saturated heterocycles. The number of nitrogens with one attached hydrogen (secondary N) is 1. The lowest BCUT2D eigenvalue weighted by atomic mass is 10.2. The van der Waals surface area contributed by atoms with Gasteiger partial charge in [0.25, 0.3) is 0 Å². The SMILES string of the molecule is c1ncc2c(n1)CCON2. The molecule has 0 saturated carbocycles. The number of anilines is 1. The third-order valence-corrected chi connectivity index (χ3v) is 1.42. The molecule has 0 radical (unpaired) electrons. The van der Waals surface area contributed by atoms with E-state index in [1.165, 1.54) is 0 Å². The van der Waals surface area contributed by atoms with Crippen LogP contribution in [0.1, 0.15) is 5.69 Å². The van der Waals surface area contributed by atoms with Gasteiger partial charge in [0.1, 0.15) is 12.0 Å². The van der Waals surface area contributed by atoms with Gasteiger partial charge < -0.3 is 0 Å². The largest absolute Gasteiger partial charge is 0.276 e. The Morgan fingerprint density at radius 3 is 3.50 bits per heavy atom. The molecular weight excluding hydrogens is 130 g/mol. The van der Waals surface area contributed by atoms with Gasteiger partial charge in [-0.1, -0.05) is 0 Å². The van der Waals surface area contributed by atoms with E-state index in [9.17, 15) is 0 Å². The van der Waals surface area contributed by atoms with Crippen molar-refractivity contribution in [2.75, 3.05) is 12.1 Å². The zero-order chi connectivity index (χ0) is 6.81. The van der Waals surface area contributed by atoms with Crippen molar-refractivity contribution in [1.82, 2.24) is 9.97 Å². The highest BCUT2D eigenvalue weighted by atomic mass is 16.6. The summed E-state index contributed by atoms with van der Waals surface area (Å²) >= 11 is 0. The van der Waals surface area contributed by atoms with Gasteiger partial charge >= 0.3 is 0 Å². The number of rotatable bonds is 0. The van der Waals surface area contributed by atoms with Gasteiger partial charge in [-0.05, 0) is 0 Å². The topological polar surface area (TPSA) is 47.0 Å². The first-order valence-corrected chi connectivity index (χ1v) is 3.13. The molecule has 1 aromatic rings. The van der Waals surface area contributed by atoms with E-state index in [0.717, 1.165) is 17.8 Å². The molecule has 0 spiro atoms. The van der Waals surface area contributed by atoms with Gasteiger partial charge in [0.15, 0.2) is 0 Å². The van der Waals surface area contributed by atoms with Crippen molar-refractivity contribution in [3.63, 3.8) is 0 Å². The van der Waals surface area contributed by atoms with Crippen LogP contribution in [-0.4, -0.2) is 16.6 Å². The van der Waals surface area contributed by atoms with Gasteiger partial charge in [0.2, 0.25) is 0 Å². The van der Waals surface area contributed by atoms with E-state index >= 15 is 0 Å². The molecule has 1 aliphatic heterocycles. The van der Waals surface area contributed by atoms with E-state index in [2.05, 4.69) is 15.4 Å². The Labute approximate surface area is 58.2 Å². The fraction of sp³-hybridized carbons (Fsp3) is 0.333. The molecule has 1 aromatic heterocycles. The Kier molecular flexibility index (Phi) is 1.25. The molecule has 1 N–H and O–H groups in total. The summed E-state index contributed by atoms with van der Waals surface area (Å²) in [5, 5.41) is 0. The second-order valence-corrected chi connectivity index (χ2v) is 2.08. The third kappa shape index (κ3) is 0.823. The molecule has 0 fully saturated rings. The van der Waals surface area contributed by atoms with E-state index in [-0.39, 0.29) is 0 Å². The molecule has 2 rings (SSSR count). The number of aromatic nitrogens is 2. The molecule has 0 unspecified atom stereocenters. The minimum atomic E-state index is 0.685. The molecule has 4 nitrogen and oxygen atoms in total. The molecule has 1 aliphatic rings. The maximum atomic E-state index is 4.97. The summed E-state index contributed by atoms with van der Waals surface area (Å²) in [5.41, 5.74) is 4.65. The first-order chi connectivity index (χ1) is 4.97. The van der Waals surface area contributed by atoms with E-state index in [1.54, 1.807) is 12.5 Å². The van der Waals surface area contributed by atoms with Crippen LogP contribution in [0.4, 0.5) is 5.69 Å². The van der Waals surface area contributed by atoms with Crippen molar-refractivity contribution in [2.45, 2.75) is 6.42 Å². The number of hydrogen-bond acceptors (Lipinski definition) is 4. The second kappa shape index (κ2) is 2.22. The smallest absolute Gasteiger partial charge is 0.115 e. The van der Waals surface area contributed by atoms with Crippen LogP contribution in [0.3, 0.4) is 0 Å². The van der Waals surface area contributed by atoms with E-state index in [4.69, 9.17) is 4.84 Å². The summed E-state index contributed by atoms with van der Waals surface area (Å²) in [6.07, 6.45) is 4.12. The van der Waals surface area contributed by atoms with Crippen LogP contribution in [0, 0.1) is 0 Å². The normalized spacial score (nSPS) is 15.6. The average molecular weight is 137 g/mol. The average Bonchev–Trinajstić information content (AvgIpc) is 2.05. The van der Waals surface area contributed by atoms with Crippen molar-refractivity contribution in [3.05, 3.63) is 18.2 Å². The lowest BCUT2D eigenvalue weighted by molar-refractivity contribution is 0.185. The summed E-state index contributed by atoms with van der Waals surface area (Å²) in [6, 6.07) is 0. The molecule has 0 atom stereocenters. The second-order valence-electron chi connectivity index (χ2n) is 2.08. The highest BCUT2D eigenvalue weighted by Crippen LogP contribution is 2.14. The van der Waals surface area contributed by atoms with Crippen molar-refractivity contribution in [2.24, 2.45) is 0 Å². The molecule has 52 valence electrons. The van der Waals surface area contributed by atoms with Gasteiger partial charge in [-0.25, -0.2) is 9.97 Å². The van der Waals surface area contributed by atoms with Gasteiger partial charge in [0, 0.05) is 6.42 Å². The maximum absolute atomic E-state index is 4.97. The summed E-state index contributed by atoms with van der Waals surface area (Å²) < 4.78 is 0. The third-order valence-electron chi connectivity index (χ3n) is 1.42. The lowest BCUT2D eigenvalue weighted by Crippen LogP contribution is -2.15. The standard InChI is InChI=1S/C6H7N3O/c1-2-10-9-6-3-7-4-8-5(1)6/h3-4,9H,1-2H2. The highest BCUT2D eigenvalue weighted by Gasteiger charge is 2.08. The fourth-order valence-corrected chi connectivity index (χ4v) is 0.916. The van der Waals surface area contributed by atoms with Gasteiger partial charge in [-0.2, -0.15) is 0 Å². The number of fused-ring (bicyclic) bond motifs is 1. The lowest BCUT2D eigenvalue weighted by Gasteiger charge is -2.14. The van der Waals surface area contributed by atoms with Crippen LogP contribution in [-0.2, 0) is 11.3 Å². The molecule has 0 bridgehead atoms. The van der Waals surface area contributed by atoms with Crippen LogP contribution in [0.15, 0.2) is 12.5 Å². The van der Waals surface area contributed by atoms with Gasteiger partial charge in [0.05, 0.1) is 18.5 Å². The summed E-state index contributed by atoms with van der Waals surface area (Å²) in [4.78, 5) is 12.9. The Balaban J connectivity index is 2.41. The van der Waals surface area contributed by atoms with Crippen LogP contribution >= 0.6 is 0 Å². The van der Waals surface area contributed by atoms with E-state index < -0.39 is 0 Å². The van der Waals surface area contributed by atoms with Crippen molar-refractivity contribution in [1.29, 1.82) is 0 Å². The maximum Gasteiger partial charge on any atom is 0.115 e. The number of nitrogens with zero attached hydrogens (tertiary/aromatic N) is 2. The Morgan fingerprint density at radius 1 is 1.60 bits per heavy atom.